The summed E-state index contributed by atoms with van der Waals surface area (Å²) in [6.45, 7) is 1.77. The third-order valence-electron chi connectivity index (χ3n) is 3.69. The average Bonchev–Trinajstić information content (AvgIpc) is 2.63. The Balaban J connectivity index is 1.68. The fraction of sp³-hybridized carbons (Fsp3) is 0.316. The number of ether oxygens (including phenoxy) is 2. The number of amides is 1. The number of carbonyl (C=O) groups is 1. The largest absolute Gasteiger partial charge is 0.496 e. The Bertz CT molecular complexity index is 693. The van der Waals surface area contributed by atoms with Gasteiger partial charge in [-0.3, -0.25) is 4.79 Å². The topological polar surface area (TPSA) is 73.6 Å². The van der Waals surface area contributed by atoms with E-state index in [1.54, 1.807) is 6.07 Å². The monoisotopic (exact) mass is 362 g/mol. The van der Waals surface area contributed by atoms with Crippen LogP contribution in [0, 0.1) is 0 Å². The van der Waals surface area contributed by atoms with Crippen molar-refractivity contribution in [3.05, 3.63) is 58.6 Å². The van der Waals surface area contributed by atoms with E-state index in [9.17, 15) is 4.79 Å². The summed E-state index contributed by atoms with van der Waals surface area (Å²) in [6.07, 6.45) is 1.61. The molecule has 3 N–H and O–H groups in total. The van der Waals surface area contributed by atoms with Crippen molar-refractivity contribution in [2.45, 2.75) is 12.8 Å². The molecule has 2 aromatic rings. The Morgan fingerprint density at radius 1 is 1.20 bits per heavy atom. The van der Waals surface area contributed by atoms with Crippen LogP contribution < -0.4 is 15.8 Å². The number of nitrogens with two attached hydrogens (primary N) is 1. The fourth-order valence-corrected chi connectivity index (χ4v) is 2.49. The second-order valence-corrected chi connectivity index (χ2v) is 5.94. The minimum absolute atomic E-state index is 0.247. The predicted molar refractivity (Wildman–Crippen MR) is 100 cm³/mol. The van der Waals surface area contributed by atoms with Crippen LogP contribution >= 0.6 is 11.6 Å². The van der Waals surface area contributed by atoms with Gasteiger partial charge in [-0.2, -0.15) is 0 Å². The van der Waals surface area contributed by atoms with E-state index >= 15 is 0 Å². The Labute approximate surface area is 153 Å². The molecule has 134 valence electrons. The number of rotatable bonds is 9. The molecule has 0 aliphatic carbocycles. The highest BCUT2D eigenvalue weighted by atomic mass is 35.5. The van der Waals surface area contributed by atoms with Crippen molar-refractivity contribution in [2.75, 3.05) is 32.6 Å². The van der Waals surface area contributed by atoms with Gasteiger partial charge >= 0.3 is 0 Å². The van der Waals surface area contributed by atoms with Gasteiger partial charge in [0, 0.05) is 19.2 Å². The smallest absolute Gasteiger partial charge is 0.255 e. The summed E-state index contributed by atoms with van der Waals surface area (Å²) >= 11 is 5.98. The summed E-state index contributed by atoms with van der Waals surface area (Å²) in [6, 6.07) is 13.2. The standard InChI is InChI=1S/C19H23ClN2O3/c1-24-18-13-17(21)16(20)12-15(18)19(23)22-9-5-10-25-11-8-14-6-3-2-4-7-14/h2-4,6-7,12-13H,5,8-11,21H2,1H3,(H,22,23). The van der Waals surface area contributed by atoms with Gasteiger partial charge < -0.3 is 20.5 Å². The normalized spacial score (nSPS) is 10.5. The van der Waals surface area contributed by atoms with Crippen molar-refractivity contribution in [3.63, 3.8) is 0 Å². The predicted octanol–water partition coefficient (Wildman–Crippen LogP) is 3.31. The second-order valence-electron chi connectivity index (χ2n) is 5.53. The van der Waals surface area contributed by atoms with Crippen molar-refractivity contribution in [1.82, 2.24) is 5.32 Å². The molecule has 5 nitrogen and oxygen atoms in total. The zero-order chi connectivity index (χ0) is 18.1. The molecule has 2 rings (SSSR count). The van der Waals surface area contributed by atoms with E-state index in [0.717, 1.165) is 12.8 Å². The lowest BCUT2D eigenvalue weighted by molar-refractivity contribution is 0.0939. The van der Waals surface area contributed by atoms with Gasteiger partial charge in [0.25, 0.3) is 5.91 Å². The van der Waals surface area contributed by atoms with E-state index in [0.29, 0.717) is 41.8 Å². The molecule has 0 saturated carbocycles. The first-order valence-electron chi connectivity index (χ1n) is 8.14. The number of nitrogen functional groups attached to an aromatic ring is 1. The van der Waals surface area contributed by atoms with Crippen LogP contribution in [0.25, 0.3) is 0 Å². The zero-order valence-corrected chi connectivity index (χ0v) is 15.0. The summed E-state index contributed by atoms with van der Waals surface area (Å²) < 4.78 is 10.8. The van der Waals surface area contributed by atoms with Crippen LogP contribution in [0.5, 0.6) is 5.75 Å². The molecule has 0 aliphatic rings. The first-order chi connectivity index (χ1) is 12.1. The number of nitrogens with one attached hydrogen (secondary N) is 1. The van der Waals surface area contributed by atoms with Gasteiger partial charge in [-0.15, -0.1) is 0 Å². The molecule has 6 heteroatoms. The SMILES string of the molecule is COc1cc(N)c(Cl)cc1C(=O)NCCCOCCc1ccccc1. The van der Waals surface area contributed by atoms with Gasteiger partial charge in [0.2, 0.25) is 0 Å². The lowest BCUT2D eigenvalue weighted by atomic mass is 10.1. The van der Waals surface area contributed by atoms with Gasteiger partial charge in [0.1, 0.15) is 5.75 Å². The van der Waals surface area contributed by atoms with Crippen molar-refractivity contribution >= 4 is 23.2 Å². The second kappa shape index (κ2) is 9.91. The number of hydrogen-bond acceptors (Lipinski definition) is 4. The van der Waals surface area contributed by atoms with Crippen LogP contribution in [0.2, 0.25) is 5.02 Å². The van der Waals surface area contributed by atoms with E-state index in [1.165, 1.54) is 18.7 Å². The van der Waals surface area contributed by atoms with Crippen molar-refractivity contribution in [1.29, 1.82) is 0 Å². The van der Waals surface area contributed by atoms with Gasteiger partial charge in [-0.05, 0) is 24.5 Å². The quantitative estimate of drug-likeness (QED) is 0.530. The lowest BCUT2D eigenvalue weighted by Gasteiger charge is -2.11. The molecule has 0 fully saturated rings. The van der Waals surface area contributed by atoms with E-state index in [2.05, 4.69) is 17.4 Å². The van der Waals surface area contributed by atoms with Crippen molar-refractivity contribution in [3.8, 4) is 5.75 Å². The van der Waals surface area contributed by atoms with Crippen LogP contribution in [-0.2, 0) is 11.2 Å². The highest BCUT2D eigenvalue weighted by Gasteiger charge is 2.14. The fourth-order valence-electron chi connectivity index (χ4n) is 2.32. The van der Waals surface area contributed by atoms with Gasteiger partial charge in [-0.25, -0.2) is 0 Å². The van der Waals surface area contributed by atoms with Gasteiger partial charge in [-0.1, -0.05) is 41.9 Å². The number of halogens is 1. The summed E-state index contributed by atoms with van der Waals surface area (Å²) in [7, 11) is 1.49. The molecular formula is C19H23ClN2O3. The molecule has 0 heterocycles. The average molecular weight is 363 g/mol. The Kier molecular flexibility index (Phi) is 7.57. The van der Waals surface area contributed by atoms with E-state index < -0.39 is 0 Å². The number of methoxy groups -OCH3 is 1. The summed E-state index contributed by atoms with van der Waals surface area (Å²) in [5.74, 6) is 0.154. The van der Waals surface area contributed by atoms with Crippen LogP contribution in [0.1, 0.15) is 22.3 Å². The Hall–Kier alpha value is -2.24. The van der Waals surface area contributed by atoms with Crippen LogP contribution in [0.3, 0.4) is 0 Å². The first-order valence-corrected chi connectivity index (χ1v) is 8.52. The van der Waals surface area contributed by atoms with Crippen LogP contribution in [0.4, 0.5) is 5.69 Å². The molecule has 0 spiro atoms. The molecule has 0 atom stereocenters. The maximum absolute atomic E-state index is 12.2. The van der Waals surface area contributed by atoms with Crippen molar-refractivity contribution < 1.29 is 14.3 Å². The molecular weight excluding hydrogens is 340 g/mol. The minimum Gasteiger partial charge on any atom is -0.496 e. The molecule has 0 aromatic heterocycles. The third-order valence-corrected chi connectivity index (χ3v) is 4.02. The number of benzene rings is 2. The van der Waals surface area contributed by atoms with Crippen LogP contribution in [-0.4, -0.2) is 32.8 Å². The molecule has 0 unspecified atom stereocenters. The molecule has 0 radical (unpaired) electrons. The summed E-state index contributed by atoms with van der Waals surface area (Å²) in [5, 5.41) is 3.16. The third kappa shape index (κ3) is 5.96. The highest BCUT2D eigenvalue weighted by Crippen LogP contribution is 2.28. The van der Waals surface area contributed by atoms with Gasteiger partial charge in [0.05, 0.1) is 30.0 Å². The van der Waals surface area contributed by atoms with Gasteiger partial charge in [0.15, 0.2) is 0 Å². The molecule has 0 saturated heterocycles. The number of anilines is 1. The molecule has 0 aliphatic heterocycles. The Morgan fingerprint density at radius 3 is 2.68 bits per heavy atom. The number of hydrogen-bond donors (Lipinski definition) is 2. The zero-order valence-electron chi connectivity index (χ0n) is 14.3. The van der Waals surface area contributed by atoms with Crippen LogP contribution in [0.15, 0.2) is 42.5 Å². The minimum atomic E-state index is -0.247. The first kappa shape index (κ1) is 19.1. The lowest BCUT2D eigenvalue weighted by Crippen LogP contribution is -2.26. The number of carbonyl (C=O) groups excluding carboxylic acids is 1. The van der Waals surface area contributed by atoms with E-state index in [-0.39, 0.29) is 5.91 Å². The summed E-state index contributed by atoms with van der Waals surface area (Å²) in [4.78, 5) is 12.2. The maximum Gasteiger partial charge on any atom is 0.255 e. The van der Waals surface area contributed by atoms with Crippen molar-refractivity contribution in [2.24, 2.45) is 0 Å². The molecule has 2 aromatic carbocycles. The highest BCUT2D eigenvalue weighted by molar-refractivity contribution is 6.33. The summed E-state index contributed by atoms with van der Waals surface area (Å²) in [5.41, 5.74) is 7.71. The molecule has 0 bridgehead atoms. The maximum atomic E-state index is 12.2. The molecule has 25 heavy (non-hydrogen) atoms. The van der Waals surface area contributed by atoms with E-state index in [1.807, 2.05) is 18.2 Å². The van der Waals surface area contributed by atoms with E-state index in [4.69, 9.17) is 26.8 Å². The Morgan fingerprint density at radius 2 is 1.96 bits per heavy atom. The molecule has 1 amide bonds.